The van der Waals surface area contributed by atoms with Gasteiger partial charge in [-0.1, -0.05) is 12.1 Å². The fourth-order valence-electron chi connectivity index (χ4n) is 2.95. The van der Waals surface area contributed by atoms with Crippen molar-refractivity contribution >= 4 is 17.6 Å². The number of nitrogens with zero attached hydrogens (tertiary/aromatic N) is 1. The van der Waals surface area contributed by atoms with E-state index in [1.165, 1.54) is 0 Å². The molecule has 2 heterocycles. The molecule has 6 N–H and O–H groups in total. The summed E-state index contributed by atoms with van der Waals surface area (Å²) in [6.45, 7) is 2.72. The predicted octanol–water partition coefficient (Wildman–Crippen LogP) is -0.237. The fraction of sp³-hybridized carbons (Fsp3) is 0.529. The summed E-state index contributed by atoms with van der Waals surface area (Å²) in [7, 11) is 0. The molecule has 1 aromatic rings. The topological polar surface area (TPSA) is 128 Å². The third-order valence-corrected chi connectivity index (χ3v) is 4.36. The van der Waals surface area contributed by atoms with Gasteiger partial charge in [-0.15, -0.1) is 0 Å². The van der Waals surface area contributed by atoms with Crippen LogP contribution in [0.2, 0.25) is 0 Å². The highest BCUT2D eigenvalue weighted by atomic mass is 17.1. The van der Waals surface area contributed by atoms with Gasteiger partial charge in [-0.05, 0) is 37.1 Å². The summed E-state index contributed by atoms with van der Waals surface area (Å²) in [5, 5.41) is 21.0. The minimum absolute atomic E-state index is 0.160. The van der Waals surface area contributed by atoms with E-state index in [9.17, 15) is 4.79 Å². The first-order valence-corrected chi connectivity index (χ1v) is 9.07. The van der Waals surface area contributed by atoms with Crippen molar-refractivity contribution in [2.24, 2.45) is 4.99 Å². The maximum absolute atomic E-state index is 12.1. The van der Waals surface area contributed by atoms with Gasteiger partial charge in [-0.2, -0.15) is 0 Å². The molecule has 0 aliphatic carbocycles. The van der Waals surface area contributed by atoms with Gasteiger partial charge in [-0.25, -0.2) is 10.1 Å². The Morgan fingerprint density at radius 2 is 2.19 bits per heavy atom. The van der Waals surface area contributed by atoms with Crippen LogP contribution in [0.1, 0.15) is 18.4 Å². The molecule has 27 heavy (non-hydrogen) atoms. The van der Waals surface area contributed by atoms with Crippen LogP contribution in [0, 0.1) is 0 Å². The summed E-state index contributed by atoms with van der Waals surface area (Å²) in [6, 6.07) is 7.21. The maximum Gasteiger partial charge on any atom is 0.239 e. The van der Waals surface area contributed by atoms with Gasteiger partial charge in [0, 0.05) is 13.0 Å². The molecule has 3 rings (SSSR count). The monoisotopic (exact) mass is 378 g/mol. The van der Waals surface area contributed by atoms with Crippen molar-refractivity contribution in [3.63, 3.8) is 0 Å². The Kier molecular flexibility index (Phi) is 7.22. The van der Waals surface area contributed by atoms with E-state index < -0.39 is 6.23 Å². The molecule has 2 unspecified atom stereocenters. The number of aliphatic imine (C=N–C) groups is 1. The molecule has 2 aliphatic heterocycles. The predicted molar refractivity (Wildman–Crippen MR) is 99.8 cm³/mol. The van der Waals surface area contributed by atoms with Gasteiger partial charge >= 0.3 is 0 Å². The Bertz CT molecular complexity index is 633. The van der Waals surface area contributed by atoms with E-state index in [0.29, 0.717) is 6.42 Å². The summed E-state index contributed by atoms with van der Waals surface area (Å²) < 4.78 is 0. The molecule has 1 amide bonds. The highest BCUT2D eigenvalue weighted by Gasteiger charge is 2.24. The first-order chi connectivity index (χ1) is 13.2. The molecule has 2 atom stereocenters. The normalized spacial score (nSPS) is 19.9. The van der Waals surface area contributed by atoms with Gasteiger partial charge in [-0.3, -0.25) is 20.1 Å². The van der Waals surface area contributed by atoms with Crippen molar-refractivity contribution in [2.45, 2.75) is 31.5 Å². The second kappa shape index (κ2) is 10.1. The second-order valence-corrected chi connectivity index (χ2v) is 6.38. The number of anilines is 1. The lowest BCUT2D eigenvalue weighted by atomic mass is 10.1. The average Bonchev–Trinajstić information content (AvgIpc) is 3.39. The number of guanidine groups is 1. The van der Waals surface area contributed by atoms with Crippen molar-refractivity contribution in [1.82, 2.24) is 21.3 Å². The van der Waals surface area contributed by atoms with E-state index >= 15 is 0 Å². The van der Waals surface area contributed by atoms with E-state index in [0.717, 1.165) is 49.7 Å². The van der Waals surface area contributed by atoms with Crippen LogP contribution in [-0.4, -0.2) is 55.8 Å². The zero-order valence-electron chi connectivity index (χ0n) is 15.0. The number of nitrogens with one attached hydrogen (secondary N) is 5. The number of hydrogen-bond acceptors (Lipinski definition) is 9. The van der Waals surface area contributed by atoms with Crippen molar-refractivity contribution in [1.29, 1.82) is 0 Å². The van der Waals surface area contributed by atoms with Gasteiger partial charge in [0.1, 0.15) is 6.73 Å². The van der Waals surface area contributed by atoms with Gasteiger partial charge in [0.15, 0.2) is 12.2 Å². The highest BCUT2D eigenvalue weighted by molar-refractivity contribution is 5.82. The van der Waals surface area contributed by atoms with Crippen LogP contribution in [0.15, 0.2) is 29.3 Å². The number of carbonyl (C=O) groups excluding carboxylic acids is 1. The third-order valence-electron chi connectivity index (χ3n) is 4.36. The van der Waals surface area contributed by atoms with E-state index in [-0.39, 0.29) is 18.7 Å². The zero-order valence-corrected chi connectivity index (χ0v) is 15.0. The van der Waals surface area contributed by atoms with Crippen LogP contribution in [0.25, 0.3) is 0 Å². The molecule has 0 bridgehead atoms. The molecular formula is C17H26N6O4. The Balaban J connectivity index is 1.39. The van der Waals surface area contributed by atoms with Crippen molar-refractivity contribution in [3.05, 3.63) is 29.8 Å². The first kappa shape index (κ1) is 19.4. The molecule has 0 spiro atoms. The third kappa shape index (κ3) is 6.07. The number of benzene rings is 1. The molecule has 1 fully saturated rings. The van der Waals surface area contributed by atoms with Crippen molar-refractivity contribution < 1.29 is 19.8 Å². The van der Waals surface area contributed by atoms with Crippen molar-refractivity contribution in [2.75, 3.05) is 31.8 Å². The molecule has 1 saturated heterocycles. The quantitative estimate of drug-likeness (QED) is 0.150. The van der Waals surface area contributed by atoms with Crippen LogP contribution in [0.3, 0.4) is 0 Å². The molecule has 1 aromatic carbocycles. The van der Waals surface area contributed by atoms with Gasteiger partial charge in [0.2, 0.25) is 5.91 Å². The Labute approximate surface area is 157 Å². The lowest BCUT2D eigenvalue weighted by molar-refractivity contribution is -0.284. The largest absolute Gasteiger partial charge is 0.354 e. The van der Waals surface area contributed by atoms with Crippen LogP contribution >= 0.6 is 0 Å². The minimum atomic E-state index is -0.793. The Morgan fingerprint density at radius 3 is 2.85 bits per heavy atom. The average molecular weight is 378 g/mol. The maximum atomic E-state index is 12.1. The first-order valence-electron chi connectivity index (χ1n) is 9.07. The lowest BCUT2D eigenvalue weighted by Gasteiger charge is -2.18. The molecule has 10 nitrogen and oxygen atoms in total. The van der Waals surface area contributed by atoms with E-state index in [1.54, 1.807) is 0 Å². The number of hydrogen-bond donors (Lipinski definition) is 6. The summed E-state index contributed by atoms with van der Waals surface area (Å²) >= 11 is 0. The van der Waals surface area contributed by atoms with Crippen LogP contribution in [0.5, 0.6) is 0 Å². The molecule has 0 radical (unpaired) electrons. The molecule has 0 saturated carbocycles. The van der Waals surface area contributed by atoms with E-state index in [4.69, 9.17) is 10.1 Å². The number of rotatable bonds is 9. The SMILES string of the molecule is O=C(NC(Cc1ccc(NOCNC2=NCCN2)cc1)OO)C1CCCN1. The van der Waals surface area contributed by atoms with Crippen LogP contribution in [-0.2, 0) is 20.9 Å². The number of carbonyl (C=O) groups is 1. The second-order valence-electron chi connectivity index (χ2n) is 6.38. The molecule has 0 aromatic heterocycles. The summed E-state index contributed by atoms with van der Waals surface area (Å²) in [4.78, 5) is 26.0. The molecule has 148 valence electrons. The molecular weight excluding hydrogens is 352 g/mol. The number of amides is 1. The highest BCUT2D eigenvalue weighted by Crippen LogP contribution is 2.12. The van der Waals surface area contributed by atoms with E-state index in [2.05, 4.69) is 36.6 Å². The summed E-state index contributed by atoms with van der Waals surface area (Å²) in [5.74, 6) is 0.573. The minimum Gasteiger partial charge on any atom is -0.354 e. The summed E-state index contributed by atoms with van der Waals surface area (Å²) in [5.41, 5.74) is 4.51. The standard InChI is InChI=1S/C17H26N6O4/c24-16(14-2-1-7-18-14)22-15(27-25)10-12-3-5-13(6-4-12)23-26-11-21-17-19-8-9-20-17/h3-6,14-15,18,23,25H,1-2,7-11H2,(H,22,24)(H2,19,20,21). The van der Waals surface area contributed by atoms with Gasteiger partial charge < -0.3 is 21.3 Å². The smallest absolute Gasteiger partial charge is 0.239 e. The van der Waals surface area contributed by atoms with Crippen molar-refractivity contribution in [3.8, 4) is 0 Å². The van der Waals surface area contributed by atoms with Crippen LogP contribution < -0.4 is 26.7 Å². The molecule has 10 heteroatoms. The molecule has 2 aliphatic rings. The van der Waals surface area contributed by atoms with Crippen LogP contribution in [0.4, 0.5) is 5.69 Å². The Morgan fingerprint density at radius 1 is 1.33 bits per heavy atom. The summed E-state index contributed by atoms with van der Waals surface area (Å²) in [6.07, 6.45) is 1.32. The fourth-order valence-corrected chi connectivity index (χ4v) is 2.95. The lowest BCUT2D eigenvalue weighted by Crippen LogP contribution is -2.46. The Hall–Kier alpha value is -2.40. The van der Waals surface area contributed by atoms with E-state index in [1.807, 2.05) is 24.3 Å². The van der Waals surface area contributed by atoms with Gasteiger partial charge in [0.25, 0.3) is 0 Å². The zero-order chi connectivity index (χ0) is 18.9. The van der Waals surface area contributed by atoms with Gasteiger partial charge in [0.05, 0.1) is 18.3 Å².